The lowest BCUT2D eigenvalue weighted by Crippen LogP contribution is -2.27. The Labute approximate surface area is 195 Å². The molecule has 4 aromatic rings. The van der Waals surface area contributed by atoms with Crippen molar-refractivity contribution in [1.82, 2.24) is 29.0 Å². The molecular formula is C25H23N7O2. The van der Waals surface area contributed by atoms with E-state index in [4.69, 9.17) is 10.8 Å². The van der Waals surface area contributed by atoms with E-state index in [1.165, 1.54) is 12.3 Å². The molecule has 2 N–H and O–H groups in total. The highest BCUT2D eigenvalue weighted by Crippen LogP contribution is 2.32. The van der Waals surface area contributed by atoms with E-state index in [-0.39, 0.29) is 23.6 Å². The van der Waals surface area contributed by atoms with Crippen LogP contribution < -0.4 is 5.73 Å². The van der Waals surface area contributed by atoms with E-state index in [1.54, 1.807) is 22.7 Å². The van der Waals surface area contributed by atoms with Crippen LogP contribution in [0.5, 0.6) is 0 Å². The fourth-order valence-corrected chi connectivity index (χ4v) is 4.33. The van der Waals surface area contributed by atoms with Gasteiger partial charge in [-0.25, -0.2) is 9.97 Å². The normalized spacial score (nSPS) is 15.4. The number of imidazole rings is 1. The van der Waals surface area contributed by atoms with Crippen LogP contribution >= 0.6 is 0 Å². The van der Waals surface area contributed by atoms with Crippen LogP contribution in [0, 0.1) is 11.8 Å². The van der Waals surface area contributed by atoms with Gasteiger partial charge in [0.2, 0.25) is 5.91 Å². The summed E-state index contributed by atoms with van der Waals surface area (Å²) in [5, 5.41) is 5.34. The van der Waals surface area contributed by atoms with Gasteiger partial charge in [0, 0.05) is 49.9 Å². The summed E-state index contributed by atoms with van der Waals surface area (Å²) >= 11 is 0. The predicted octanol–water partition coefficient (Wildman–Crippen LogP) is 2.61. The van der Waals surface area contributed by atoms with Gasteiger partial charge in [0.15, 0.2) is 5.78 Å². The van der Waals surface area contributed by atoms with E-state index in [2.05, 4.69) is 28.4 Å². The van der Waals surface area contributed by atoms with Crippen molar-refractivity contribution in [2.24, 2.45) is 0 Å². The van der Waals surface area contributed by atoms with Gasteiger partial charge in [0.1, 0.15) is 17.2 Å². The fraction of sp³-hybridized carbons (Fsp3) is 0.240. The molecule has 9 heteroatoms. The lowest BCUT2D eigenvalue weighted by Gasteiger charge is -2.16. The number of hydrogen-bond donors (Lipinski definition) is 1. The minimum Gasteiger partial charge on any atom is -0.383 e. The van der Waals surface area contributed by atoms with Crippen LogP contribution in [0.1, 0.15) is 47.4 Å². The average molecular weight is 454 g/mol. The molecule has 0 bridgehead atoms. The third kappa shape index (κ3) is 3.59. The monoisotopic (exact) mass is 453 g/mol. The first-order valence-corrected chi connectivity index (χ1v) is 11.1. The number of fused-ring (bicyclic) bond motifs is 2. The second-order valence-corrected chi connectivity index (χ2v) is 8.14. The third-order valence-corrected chi connectivity index (χ3v) is 6.09. The zero-order valence-corrected chi connectivity index (χ0v) is 18.7. The minimum atomic E-state index is -0.126. The summed E-state index contributed by atoms with van der Waals surface area (Å²) in [5.41, 5.74) is 9.36. The van der Waals surface area contributed by atoms with E-state index in [0.717, 1.165) is 11.2 Å². The standard InChI is InChI=1S/C25H23N7O2/c1-3-20(33)18-14-28-25(26)23-19(6-5-16-7-10-30-12-9-27-21(30)13-16)29-32(24(18)23)17-8-11-31(15-17)22(34)4-2/h4,7,9-10,12-14,17H,2-3,8,11,15H2,1H3,(H2,26,28)/t17-/m0/s1. The highest BCUT2D eigenvalue weighted by atomic mass is 16.2. The molecule has 1 fully saturated rings. The molecule has 5 heterocycles. The van der Waals surface area contributed by atoms with Gasteiger partial charge in [-0.3, -0.25) is 14.3 Å². The molecule has 0 spiro atoms. The molecule has 0 unspecified atom stereocenters. The van der Waals surface area contributed by atoms with Gasteiger partial charge in [-0.15, -0.1) is 0 Å². The molecule has 1 aliphatic heterocycles. The Morgan fingerprint density at radius 2 is 2.15 bits per heavy atom. The molecule has 0 aromatic carbocycles. The summed E-state index contributed by atoms with van der Waals surface area (Å²) < 4.78 is 3.70. The molecule has 34 heavy (non-hydrogen) atoms. The van der Waals surface area contributed by atoms with Crippen LogP contribution in [0.25, 0.3) is 16.6 Å². The number of pyridine rings is 2. The van der Waals surface area contributed by atoms with Gasteiger partial charge in [-0.05, 0) is 30.6 Å². The number of likely N-dealkylation sites (tertiary alicyclic amines) is 1. The zero-order chi connectivity index (χ0) is 23.8. The Hall–Kier alpha value is -4.45. The summed E-state index contributed by atoms with van der Waals surface area (Å²) in [6.45, 7) is 6.43. The Morgan fingerprint density at radius 3 is 2.94 bits per heavy atom. The number of carbonyl (C=O) groups excluding carboxylic acids is 2. The van der Waals surface area contributed by atoms with Gasteiger partial charge in [-0.1, -0.05) is 19.4 Å². The summed E-state index contributed by atoms with van der Waals surface area (Å²) in [4.78, 5) is 35.2. The molecule has 1 amide bonds. The van der Waals surface area contributed by atoms with Crippen molar-refractivity contribution in [2.75, 3.05) is 18.8 Å². The van der Waals surface area contributed by atoms with Crippen LogP contribution in [0.2, 0.25) is 0 Å². The highest BCUT2D eigenvalue weighted by molar-refractivity contribution is 6.09. The molecule has 0 saturated carbocycles. The first kappa shape index (κ1) is 21.4. The van der Waals surface area contributed by atoms with Gasteiger partial charge in [0.25, 0.3) is 0 Å². The summed E-state index contributed by atoms with van der Waals surface area (Å²) in [6.07, 6.45) is 9.31. The number of aromatic nitrogens is 5. The molecule has 4 aromatic heterocycles. The van der Waals surface area contributed by atoms with Gasteiger partial charge in [0.05, 0.1) is 22.5 Å². The van der Waals surface area contributed by atoms with Crippen molar-refractivity contribution >= 4 is 34.1 Å². The molecule has 1 aliphatic rings. The van der Waals surface area contributed by atoms with Crippen LogP contribution in [0.3, 0.4) is 0 Å². The molecular weight excluding hydrogens is 430 g/mol. The number of nitrogens with zero attached hydrogens (tertiary/aromatic N) is 6. The maximum atomic E-state index is 12.8. The summed E-state index contributed by atoms with van der Waals surface area (Å²) in [6, 6.07) is 3.66. The Morgan fingerprint density at radius 1 is 1.29 bits per heavy atom. The molecule has 0 radical (unpaired) electrons. The Kier molecular flexibility index (Phi) is 5.34. The third-order valence-electron chi connectivity index (χ3n) is 6.09. The number of nitrogen functional groups attached to an aromatic ring is 1. The highest BCUT2D eigenvalue weighted by Gasteiger charge is 2.30. The number of Topliss-reactive ketones (excluding diaryl/α,β-unsaturated/α-hetero) is 1. The average Bonchev–Trinajstić information content (AvgIpc) is 3.60. The van der Waals surface area contributed by atoms with E-state index < -0.39 is 0 Å². The van der Waals surface area contributed by atoms with Crippen molar-refractivity contribution in [3.63, 3.8) is 0 Å². The van der Waals surface area contributed by atoms with Crippen LogP contribution in [0.15, 0.2) is 49.6 Å². The van der Waals surface area contributed by atoms with E-state index in [1.807, 2.05) is 28.9 Å². The van der Waals surface area contributed by atoms with Gasteiger partial charge in [-0.2, -0.15) is 5.10 Å². The number of rotatable bonds is 4. The van der Waals surface area contributed by atoms with E-state index in [0.29, 0.717) is 48.1 Å². The zero-order valence-electron chi connectivity index (χ0n) is 18.7. The lowest BCUT2D eigenvalue weighted by molar-refractivity contribution is -0.125. The first-order chi connectivity index (χ1) is 16.5. The number of amides is 1. The smallest absolute Gasteiger partial charge is 0.246 e. The predicted molar refractivity (Wildman–Crippen MR) is 128 cm³/mol. The molecule has 1 saturated heterocycles. The second kappa shape index (κ2) is 8.48. The summed E-state index contributed by atoms with van der Waals surface area (Å²) in [7, 11) is 0. The van der Waals surface area contributed by atoms with Gasteiger partial charge >= 0.3 is 0 Å². The fourth-order valence-electron chi connectivity index (χ4n) is 4.33. The molecule has 170 valence electrons. The largest absolute Gasteiger partial charge is 0.383 e. The summed E-state index contributed by atoms with van der Waals surface area (Å²) in [5.74, 6) is 6.35. The topological polar surface area (TPSA) is 111 Å². The number of hydrogen-bond acceptors (Lipinski definition) is 6. The maximum absolute atomic E-state index is 12.8. The number of anilines is 1. The van der Waals surface area contributed by atoms with Crippen LogP contribution in [-0.2, 0) is 4.79 Å². The minimum absolute atomic E-state index is 0.0556. The Balaban J connectivity index is 1.65. The van der Waals surface area contributed by atoms with Crippen molar-refractivity contribution < 1.29 is 9.59 Å². The van der Waals surface area contributed by atoms with Crippen LogP contribution in [0.4, 0.5) is 5.82 Å². The SMILES string of the molecule is C=CC(=O)N1CC[C@H](n2nc(C#Cc3ccn4ccnc4c3)c3c(N)ncc(C(=O)CC)c32)C1. The quantitative estimate of drug-likeness (QED) is 0.289. The molecule has 0 aliphatic carbocycles. The van der Waals surface area contributed by atoms with Crippen molar-refractivity contribution in [3.05, 3.63) is 66.4 Å². The molecule has 5 rings (SSSR count). The Bertz CT molecular complexity index is 1520. The van der Waals surface area contributed by atoms with Crippen molar-refractivity contribution in [2.45, 2.75) is 25.8 Å². The second-order valence-electron chi connectivity index (χ2n) is 8.14. The molecule has 1 atom stereocenters. The first-order valence-electron chi connectivity index (χ1n) is 11.1. The van der Waals surface area contributed by atoms with Crippen LogP contribution in [-0.4, -0.2) is 53.8 Å². The number of carbonyl (C=O) groups is 2. The van der Waals surface area contributed by atoms with E-state index >= 15 is 0 Å². The number of nitrogens with two attached hydrogens (primary N) is 1. The number of ketones is 1. The van der Waals surface area contributed by atoms with Gasteiger partial charge < -0.3 is 15.0 Å². The lowest BCUT2D eigenvalue weighted by atomic mass is 10.1. The molecule has 9 nitrogen and oxygen atoms in total. The maximum Gasteiger partial charge on any atom is 0.246 e. The van der Waals surface area contributed by atoms with E-state index in [9.17, 15) is 9.59 Å². The van der Waals surface area contributed by atoms with Crippen molar-refractivity contribution in [1.29, 1.82) is 0 Å². The van der Waals surface area contributed by atoms with Crippen molar-refractivity contribution in [3.8, 4) is 11.8 Å².